The van der Waals surface area contributed by atoms with Gasteiger partial charge in [-0.3, -0.25) is 4.79 Å². The Morgan fingerprint density at radius 1 is 1.29 bits per heavy atom. The molecule has 0 aliphatic rings. The van der Waals surface area contributed by atoms with Gasteiger partial charge in [0.15, 0.2) is 0 Å². The van der Waals surface area contributed by atoms with Crippen LogP contribution in [-0.4, -0.2) is 17.7 Å². The van der Waals surface area contributed by atoms with Crippen molar-refractivity contribution in [3.8, 4) is 0 Å². The summed E-state index contributed by atoms with van der Waals surface area (Å²) in [5.74, 6) is -0.368. The van der Waals surface area contributed by atoms with Crippen molar-refractivity contribution in [2.75, 3.05) is 6.61 Å². The standard InChI is InChI=1S/C9H17O4P/c1-4-9(5-2,14(11)12)6-7-13-8(3)10/h4-7H2,1-3H3. The predicted octanol–water partition coefficient (Wildman–Crippen LogP) is 2.67. The highest BCUT2D eigenvalue weighted by Crippen LogP contribution is 2.38. The summed E-state index contributed by atoms with van der Waals surface area (Å²) < 4.78 is 26.9. The zero-order valence-corrected chi connectivity index (χ0v) is 9.80. The fourth-order valence-corrected chi connectivity index (χ4v) is 2.13. The Balaban J connectivity index is 4.30. The Kier molecular flexibility index (Phi) is 5.70. The van der Waals surface area contributed by atoms with Crippen molar-refractivity contribution in [2.24, 2.45) is 0 Å². The first-order chi connectivity index (χ1) is 6.48. The highest BCUT2D eigenvalue weighted by atomic mass is 31.1. The van der Waals surface area contributed by atoms with Crippen LogP contribution in [0.3, 0.4) is 0 Å². The number of hydrogen-bond acceptors (Lipinski definition) is 4. The normalized spacial score (nSPS) is 11.1. The zero-order valence-electron chi connectivity index (χ0n) is 8.91. The lowest BCUT2D eigenvalue weighted by atomic mass is 9.99. The van der Waals surface area contributed by atoms with Gasteiger partial charge in [0.05, 0.1) is 11.8 Å². The smallest absolute Gasteiger partial charge is 0.322 e. The molecule has 0 aromatic rings. The molecule has 0 radical (unpaired) electrons. The Hall–Kier alpha value is -0.630. The van der Waals surface area contributed by atoms with Crippen LogP contribution in [0.15, 0.2) is 0 Å². The van der Waals surface area contributed by atoms with Gasteiger partial charge in [-0.25, -0.2) is 9.13 Å². The molecule has 0 bridgehead atoms. The topological polar surface area (TPSA) is 60.4 Å². The second-order valence-corrected chi connectivity index (χ2v) is 4.74. The van der Waals surface area contributed by atoms with Crippen LogP contribution in [0.2, 0.25) is 0 Å². The number of carbonyl (C=O) groups is 1. The number of carbonyl (C=O) groups excluding carboxylic acids is 1. The van der Waals surface area contributed by atoms with Gasteiger partial charge in [-0.1, -0.05) is 13.8 Å². The molecule has 0 spiro atoms. The molecule has 5 heteroatoms. The van der Waals surface area contributed by atoms with E-state index in [0.29, 0.717) is 19.3 Å². The molecule has 14 heavy (non-hydrogen) atoms. The van der Waals surface area contributed by atoms with Gasteiger partial charge in [0.25, 0.3) is 0 Å². The van der Waals surface area contributed by atoms with E-state index in [-0.39, 0.29) is 12.6 Å². The van der Waals surface area contributed by atoms with Crippen molar-refractivity contribution in [3.05, 3.63) is 0 Å². The fourth-order valence-electron chi connectivity index (χ4n) is 1.34. The van der Waals surface area contributed by atoms with Crippen LogP contribution >= 0.6 is 7.68 Å². The Bertz CT molecular complexity index is 246. The Labute approximate surface area is 84.8 Å². The molecule has 0 aromatic heterocycles. The van der Waals surface area contributed by atoms with Gasteiger partial charge in [-0.05, 0) is 12.8 Å². The van der Waals surface area contributed by atoms with Crippen molar-refractivity contribution in [1.82, 2.24) is 0 Å². The van der Waals surface area contributed by atoms with Crippen molar-refractivity contribution >= 4 is 13.6 Å². The molecule has 0 saturated carbocycles. The quantitative estimate of drug-likeness (QED) is 0.510. The molecule has 0 N–H and O–H groups in total. The lowest BCUT2D eigenvalue weighted by Crippen LogP contribution is -2.23. The maximum absolute atomic E-state index is 11.1. The van der Waals surface area contributed by atoms with Crippen LogP contribution in [0.25, 0.3) is 0 Å². The van der Waals surface area contributed by atoms with E-state index in [9.17, 15) is 13.9 Å². The van der Waals surface area contributed by atoms with Crippen molar-refractivity contribution in [3.63, 3.8) is 0 Å². The molecular formula is C9H17O4P. The molecule has 0 saturated heterocycles. The lowest BCUT2D eigenvalue weighted by molar-refractivity contribution is -0.141. The van der Waals surface area contributed by atoms with Crippen LogP contribution < -0.4 is 0 Å². The summed E-state index contributed by atoms with van der Waals surface area (Å²) in [6, 6.07) is 0. The van der Waals surface area contributed by atoms with E-state index >= 15 is 0 Å². The van der Waals surface area contributed by atoms with Gasteiger partial charge in [-0.2, -0.15) is 0 Å². The molecule has 0 amide bonds. The van der Waals surface area contributed by atoms with Gasteiger partial charge in [0, 0.05) is 13.3 Å². The van der Waals surface area contributed by atoms with E-state index in [1.165, 1.54) is 6.92 Å². The molecule has 4 nitrogen and oxygen atoms in total. The molecule has 0 aliphatic heterocycles. The van der Waals surface area contributed by atoms with Crippen molar-refractivity contribution in [2.45, 2.75) is 45.2 Å². The molecule has 0 aromatic carbocycles. The SMILES string of the molecule is CCC(CC)(CCOC(C)=O)P(=O)=O. The van der Waals surface area contributed by atoms with E-state index in [1.54, 1.807) is 0 Å². The summed E-state index contributed by atoms with van der Waals surface area (Å²) in [5.41, 5.74) is 0. The minimum Gasteiger partial charge on any atom is -0.466 e. The number of esters is 1. The summed E-state index contributed by atoms with van der Waals surface area (Å²) in [6.07, 6.45) is 1.51. The third-order valence-corrected chi connectivity index (χ3v) is 4.21. The fraction of sp³-hybridized carbons (Fsp3) is 0.889. The first-order valence-electron chi connectivity index (χ1n) is 4.76. The van der Waals surface area contributed by atoms with E-state index in [4.69, 9.17) is 4.74 Å². The average Bonchev–Trinajstić information content (AvgIpc) is 2.12. The first-order valence-corrected chi connectivity index (χ1v) is 5.94. The summed E-state index contributed by atoms with van der Waals surface area (Å²) in [7, 11) is -2.47. The molecule has 0 rings (SSSR count). The molecular weight excluding hydrogens is 203 g/mol. The second kappa shape index (κ2) is 5.97. The van der Waals surface area contributed by atoms with E-state index in [0.717, 1.165) is 0 Å². The Morgan fingerprint density at radius 2 is 1.79 bits per heavy atom. The van der Waals surface area contributed by atoms with Crippen molar-refractivity contribution in [1.29, 1.82) is 0 Å². The summed E-state index contributed by atoms with van der Waals surface area (Å²) in [4.78, 5) is 10.5. The van der Waals surface area contributed by atoms with Gasteiger partial charge in [-0.15, -0.1) is 0 Å². The number of rotatable bonds is 6. The van der Waals surface area contributed by atoms with E-state index in [1.807, 2.05) is 13.8 Å². The number of ether oxygens (including phenoxy) is 1. The summed E-state index contributed by atoms with van der Waals surface area (Å²) in [5, 5.41) is -0.704. The van der Waals surface area contributed by atoms with Crippen LogP contribution in [0, 0.1) is 0 Å². The summed E-state index contributed by atoms with van der Waals surface area (Å²) >= 11 is 0. The maximum Gasteiger partial charge on any atom is 0.322 e. The third-order valence-electron chi connectivity index (χ3n) is 2.58. The van der Waals surface area contributed by atoms with E-state index < -0.39 is 12.8 Å². The van der Waals surface area contributed by atoms with Gasteiger partial charge >= 0.3 is 13.6 Å². The predicted molar refractivity (Wildman–Crippen MR) is 52.9 cm³/mol. The van der Waals surface area contributed by atoms with Crippen molar-refractivity contribution < 1.29 is 18.7 Å². The minimum absolute atomic E-state index is 0.181. The number of hydrogen-bond donors (Lipinski definition) is 0. The highest BCUT2D eigenvalue weighted by molar-refractivity contribution is 7.32. The van der Waals surface area contributed by atoms with Crippen LogP contribution in [0.4, 0.5) is 0 Å². The van der Waals surface area contributed by atoms with Gasteiger partial charge < -0.3 is 4.74 Å². The third kappa shape index (κ3) is 3.62. The maximum atomic E-state index is 11.1. The second-order valence-electron chi connectivity index (χ2n) is 3.28. The molecule has 0 fully saturated rings. The summed E-state index contributed by atoms with van der Waals surface area (Å²) in [6.45, 7) is 5.17. The highest BCUT2D eigenvalue weighted by Gasteiger charge is 2.32. The molecule has 0 atom stereocenters. The molecule has 0 aliphatic carbocycles. The average molecular weight is 220 g/mol. The van der Waals surface area contributed by atoms with Crippen LogP contribution in [0.1, 0.15) is 40.0 Å². The van der Waals surface area contributed by atoms with Crippen LogP contribution in [-0.2, 0) is 18.7 Å². The molecule has 0 heterocycles. The first kappa shape index (κ1) is 13.4. The van der Waals surface area contributed by atoms with Gasteiger partial charge in [0.2, 0.25) is 0 Å². The molecule has 0 unspecified atom stereocenters. The zero-order chi connectivity index (χ0) is 11.2. The molecule has 82 valence electrons. The monoisotopic (exact) mass is 220 g/mol. The van der Waals surface area contributed by atoms with E-state index in [2.05, 4.69) is 0 Å². The van der Waals surface area contributed by atoms with Crippen LogP contribution in [0.5, 0.6) is 0 Å². The lowest BCUT2D eigenvalue weighted by Gasteiger charge is -2.22. The largest absolute Gasteiger partial charge is 0.466 e. The Morgan fingerprint density at radius 3 is 2.07 bits per heavy atom. The van der Waals surface area contributed by atoms with Gasteiger partial charge in [0.1, 0.15) is 0 Å². The minimum atomic E-state index is -2.47.